The van der Waals surface area contributed by atoms with E-state index in [1.807, 2.05) is 13.3 Å². The van der Waals surface area contributed by atoms with Gasteiger partial charge in [0.05, 0.1) is 0 Å². The summed E-state index contributed by atoms with van der Waals surface area (Å²) in [6, 6.07) is 0. The van der Waals surface area contributed by atoms with E-state index in [2.05, 4.69) is 72.9 Å². The number of oxime groups is 1. The molecule has 0 saturated heterocycles. The van der Waals surface area contributed by atoms with Gasteiger partial charge in [0.2, 0.25) is 0 Å². The summed E-state index contributed by atoms with van der Waals surface area (Å²) in [6.07, 6.45) is 52.2. The van der Waals surface area contributed by atoms with Gasteiger partial charge in [-0.3, -0.25) is 0 Å². The molecule has 0 rings (SSSR count). The molecule has 0 aromatic carbocycles. The number of nitrogens with zero attached hydrogens (tertiary/aromatic N) is 1. The summed E-state index contributed by atoms with van der Waals surface area (Å²) in [5.41, 5.74) is 0. The molecule has 0 unspecified atom stereocenters. The molecule has 0 aromatic rings. The van der Waals surface area contributed by atoms with E-state index < -0.39 is 0 Å². The van der Waals surface area contributed by atoms with Crippen LogP contribution in [0.2, 0.25) is 0 Å². The molecule has 3 heteroatoms. The molecule has 3 nitrogen and oxygen atoms in total. The average molecular weight is 585 g/mol. The van der Waals surface area contributed by atoms with Gasteiger partial charge in [-0.2, -0.15) is 0 Å². The van der Waals surface area contributed by atoms with Crippen molar-refractivity contribution < 1.29 is 4.84 Å². The van der Waals surface area contributed by atoms with E-state index in [-0.39, 0.29) is 6.10 Å². The molecule has 0 aliphatic carbocycles. The van der Waals surface area contributed by atoms with Crippen LogP contribution < -0.4 is 5.32 Å². The number of unbranched alkanes of at least 4 members (excludes halogenated alkanes) is 16. The second kappa shape index (κ2) is 37.4. The predicted octanol–water partition coefficient (Wildman–Crippen LogP) is 12.6. The average Bonchev–Trinajstić information content (AvgIpc) is 3.00. The Morgan fingerprint density at radius 3 is 1.26 bits per heavy atom. The maximum atomic E-state index is 5.99. The van der Waals surface area contributed by atoms with Crippen LogP contribution in [0.15, 0.2) is 53.8 Å². The Morgan fingerprint density at radius 2 is 0.857 bits per heavy atom. The Balaban J connectivity index is 4.02. The predicted molar refractivity (Wildman–Crippen MR) is 191 cm³/mol. The first-order valence-corrected chi connectivity index (χ1v) is 18.3. The van der Waals surface area contributed by atoms with Crippen molar-refractivity contribution in [3.8, 4) is 0 Å². The van der Waals surface area contributed by atoms with Crippen molar-refractivity contribution in [2.24, 2.45) is 5.16 Å². The third-order valence-corrected chi connectivity index (χ3v) is 7.65. The lowest BCUT2D eigenvalue weighted by Gasteiger charge is -2.15. The number of allylic oxidation sites excluding steroid dienone is 8. The number of hydrogen-bond donors (Lipinski definition) is 1. The highest BCUT2D eigenvalue weighted by Crippen LogP contribution is 2.16. The van der Waals surface area contributed by atoms with Crippen molar-refractivity contribution in [3.05, 3.63) is 48.6 Å². The zero-order valence-corrected chi connectivity index (χ0v) is 28.5. The Labute approximate surface area is 263 Å². The molecular weight excluding hydrogens is 512 g/mol. The highest BCUT2D eigenvalue weighted by molar-refractivity contribution is 5.56. The number of nitrogens with one attached hydrogen (secondary N) is 1. The number of rotatable bonds is 33. The maximum absolute atomic E-state index is 5.99. The Bertz CT molecular complexity index is 605. The molecule has 0 aromatic heterocycles. The minimum Gasteiger partial charge on any atom is -0.393 e. The Hall–Kier alpha value is -1.61. The fourth-order valence-corrected chi connectivity index (χ4v) is 4.92. The molecule has 0 heterocycles. The van der Waals surface area contributed by atoms with Gasteiger partial charge in [-0.25, -0.2) is 0 Å². The molecule has 0 spiro atoms. The summed E-state index contributed by atoms with van der Waals surface area (Å²) in [5.74, 6) is 0. The molecule has 0 radical (unpaired) electrons. The minimum atomic E-state index is 0.280. The second-order valence-corrected chi connectivity index (χ2v) is 11.9. The monoisotopic (exact) mass is 585 g/mol. The van der Waals surface area contributed by atoms with Crippen LogP contribution in [-0.2, 0) is 4.84 Å². The van der Waals surface area contributed by atoms with Crippen molar-refractivity contribution in [1.29, 1.82) is 0 Å². The SMILES string of the molecule is CCC/C=C\CCCC/C=C\CCCCCC(CCCCC/C=C\CCCC/C=C\CCC)O/N=C/CCCCNC. The minimum absolute atomic E-state index is 0.280. The second-order valence-electron chi connectivity index (χ2n) is 11.9. The smallest absolute Gasteiger partial charge is 0.127 e. The van der Waals surface area contributed by atoms with Crippen LogP contribution in [-0.4, -0.2) is 25.9 Å². The molecule has 1 N–H and O–H groups in total. The largest absolute Gasteiger partial charge is 0.393 e. The van der Waals surface area contributed by atoms with Crippen LogP contribution in [0.4, 0.5) is 0 Å². The highest BCUT2D eigenvalue weighted by atomic mass is 16.6. The van der Waals surface area contributed by atoms with Gasteiger partial charge in [-0.15, -0.1) is 0 Å². The zero-order chi connectivity index (χ0) is 30.4. The van der Waals surface area contributed by atoms with Gasteiger partial charge in [0.15, 0.2) is 0 Å². The Kier molecular flexibility index (Phi) is 36.0. The summed E-state index contributed by atoms with van der Waals surface area (Å²) in [7, 11) is 2.01. The standard InChI is InChI=1S/C39H72N2O/c1-4-6-8-10-12-14-16-18-20-22-24-26-28-31-35-39(42-41-38-34-30-33-37-40-3)36-32-29-27-25-23-21-19-17-15-13-11-9-7-5-2/h8-11,20-23,38-40H,4-7,12-19,24-37H2,1-3H3/b10-8-,11-9-,22-20-,23-21-,41-38+. The lowest BCUT2D eigenvalue weighted by Crippen LogP contribution is -2.10. The van der Waals surface area contributed by atoms with Crippen LogP contribution in [0.25, 0.3) is 0 Å². The third-order valence-electron chi connectivity index (χ3n) is 7.65. The van der Waals surface area contributed by atoms with E-state index in [4.69, 9.17) is 4.84 Å². The summed E-state index contributed by atoms with van der Waals surface area (Å²) in [5, 5.41) is 7.57. The zero-order valence-electron chi connectivity index (χ0n) is 28.5. The van der Waals surface area contributed by atoms with Crippen LogP contribution in [0.5, 0.6) is 0 Å². The first-order valence-electron chi connectivity index (χ1n) is 18.3. The molecule has 0 bridgehead atoms. The topological polar surface area (TPSA) is 33.6 Å². The molecule has 0 aliphatic rings. The normalized spacial score (nSPS) is 12.6. The summed E-state index contributed by atoms with van der Waals surface area (Å²) in [6.45, 7) is 5.56. The molecule has 0 fully saturated rings. The lowest BCUT2D eigenvalue weighted by atomic mass is 10.0. The molecule has 0 amide bonds. The van der Waals surface area contributed by atoms with Crippen molar-refractivity contribution in [3.63, 3.8) is 0 Å². The third kappa shape index (κ3) is 34.6. The highest BCUT2D eigenvalue weighted by Gasteiger charge is 2.09. The van der Waals surface area contributed by atoms with E-state index >= 15 is 0 Å². The Morgan fingerprint density at radius 1 is 0.476 bits per heavy atom. The quantitative estimate of drug-likeness (QED) is 0.0360. The molecule has 0 aliphatic heterocycles. The van der Waals surface area contributed by atoms with Gasteiger partial charge in [0.1, 0.15) is 6.10 Å². The van der Waals surface area contributed by atoms with Gasteiger partial charge in [0.25, 0.3) is 0 Å². The molecule has 0 atom stereocenters. The van der Waals surface area contributed by atoms with E-state index in [1.54, 1.807) is 0 Å². The summed E-state index contributed by atoms with van der Waals surface area (Å²) < 4.78 is 0. The first-order chi connectivity index (χ1) is 20.8. The van der Waals surface area contributed by atoms with Crippen LogP contribution in [0, 0.1) is 0 Å². The van der Waals surface area contributed by atoms with Gasteiger partial charge in [0, 0.05) is 6.21 Å². The molecule has 244 valence electrons. The molecular formula is C39H72N2O. The molecule has 42 heavy (non-hydrogen) atoms. The van der Waals surface area contributed by atoms with E-state index in [9.17, 15) is 0 Å². The van der Waals surface area contributed by atoms with Crippen molar-refractivity contribution in [2.45, 2.75) is 180 Å². The summed E-state index contributed by atoms with van der Waals surface area (Å²) >= 11 is 0. The fraction of sp³-hybridized carbons (Fsp3) is 0.769. The van der Waals surface area contributed by atoms with E-state index in [1.165, 1.54) is 141 Å². The maximum Gasteiger partial charge on any atom is 0.127 e. The van der Waals surface area contributed by atoms with E-state index in [0.717, 1.165) is 25.8 Å². The first kappa shape index (κ1) is 40.4. The van der Waals surface area contributed by atoms with Crippen LogP contribution in [0.3, 0.4) is 0 Å². The fourth-order valence-electron chi connectivity index (χ4n) is 4.92. The van der Waals surface area contributed by atoms with Gasteiger partial charge >= 0.3 is 0 Å². The number of hydrogen-bond acceptors (Lipinski definition) is 3. The van der Waals surface area contributed by atoms with Crippen molar-refractivity contribution in [2.75, 3.05) is 13.6 Å². The van der Waals surface area contributed by atoms with Gasteiger partial charge < -0.3 is 10.2 Å². The van der Waals surface area contributed by atoms with Gasteiger partial charge in [-0.1, -0.05) is 93.3 Å². The van der Waals surface area contributed by atoms with E-state index in [0.29, 0.717) is 0 Å². The van der Waals surface area contributed by atoms with Crippen molar-refractivity contribution in [1.82, 2.24) is 5.32 Å². The summed E-state index contributed by atoms with van der Waals surface area (Å²) in [4.78, 5) is 5.99. The molecule has 0 saturated carbocycles. The van der Waals surface area contributed by atoms with Gasteiger partial charge in [-0.05, 0) is 148 Å². The lowest BCUT2D eigenvalue weighted by molar-refractivity contribution is 0.0438. The van der Waals surface area contributed by atoms with Crippen molar-refractivity contribution >= 4 is 6.21 Å². The van der Waals surface area contributed by atoms with Crippen LogP contribution >= 0.6 is 0 Å². The van der Waals surface area contributed by atoms with Crippen LogP contribution in [0.1, 0.15) is 174 Å².